The van der Waals surface area contributed by atoms with Crippen LogP contribution in [-0.2, 0) is 17.5 Å². The van der Waals surface area contributed by atoms with E-state index in [0.717, 1.165) is 23.3 Å². The Morgan fingerprint density at radius 1 is 1.21 bits per heavy atom. The molecule has 2 aromatic rings. The number of aromatic carboxylic acids is 1. The van der Waals surface area contributed by atoms with Crippen LogP contribution in [0.5, 0.6) is 0 Å². The van der Waals surface area contributed by atoms with Crippen molar-refractivity contribution in [1.82, 2.24) is 4.98 Å². The van der Waals surface area contributed by atoms with Crippen LogP contribution >= 0.6 is 11.3 Å². The number of thiazole rings is 1. The molecule has 0 atom stereocenters. The standard InChI is InChI=1S/C18H17F3N2O4S/c19-18(20,21)14-13(15(24)25)28-16(22-14)23(12-8-4-5-9-12)17(26)27-10-11-6-2-1-3-7-11/h1-3,6-7,12H,4-5,8-10H2,(H,24,25). The van der Waals surface area contributed by atoms with Gasteiger partial charge in [-0.25, -0.2) is 19.5 Å². The Morgan fingerprint density at radius 2 is 1.86 bits per heavy atom. The average Bonchev–Trinajstić information content (AvgIpc) is 3.31. The molecular formula is C18H17F3N2O4S. The van der Waals surface area contributed by atoms with E-state index in [-0.39, 0.29) is 17.8 Å². The van der Waals surface area contributed by atoms with E-state index in [1.165, 1.54) is 0 Å². The fraction of sp³-hybridized carbons (Fsp3) is 0.389. The highest BCUT2D eigenvalue weighted by molar-refractivity contribution is 7.17. The highest BCUT2D eigenvalue weighted by Gasteiger charge is 2.42. The summed E-state index contributed by atoms with van der Waals surface area (Å²) in [5.74, 6) is -1.74. The van der Waals surface area contributed by atoms with Gasteiger partial charge in [0.1, 0.15) is 11.5 Å². The van der Waals surface area contributed by atoms with Gasteiger partial charge in [0.25, 0.3) is 0 Å². The van der Waals surface area contributed by atoms with Crippen LogP contribution in [0.3, 0.4) is 0 Å². The Bertz CT molecular complexity index is 848. The Labute approximate surface area is 162 Å². The number of nitrogens with zero attached hydrogens (tertiary/aromatic N) is 2. The van der Waals surface area contributed by atoms with E-state index in [1.807, 2.05) is 0 Å². The molecule has 6 nitrogen and oxygen atoms in total. The number of rotatable bonds is 5. The van der Waals surface area contributed by atoms with Crippen molar-refractivity contribution in [3.63, 3.8) is 0 Å². The van der Waals surface area contributed by atoms with Crippen LogP contribution in [0, 0.1) is 0 Å². The van der Waals surface area contributed by atoms with Gasteiger partial charge in [0, 0.05) is 6.04 Å². The number of carbonyl (C=O) groups excluding carboxylic acids is 1. The van der Waals surface area contributed by atoms with Gasteiger partial charge in [0.15, 0.2) is 10.8 Å². The second kappa shape index (κ2) is 8.17. The third-order valence-corrected chi connectivity index (χ3v) is 5.42. The van der Waals surface area contributed by atoms with E-state index < -0.39 is 28.8 Å². The second-order valence-electron chi connectivity index (χ2n) is 6.33. The summed E-state index contributed by atoms with van der Waals surface area (Å²) in [5, 5.41) is 8.81. The first-order valence-electron chi connectivity index (χ1n) is 8.58. The molecule has 0 spiro atoms. The monoisotopic (exact) mass is 414 g/mol. The molecule has 1 amide bonds. The molecule has 0 radical (unpaired) electrons. The number of hydrogen-bond donors (Lipinski definition) is 1. The summed E-state index contributed by atoms with van der Waals surface area (Å²) in [7, 11) is 0. The van der Waals surface area contributed by atoms with Gasteiger partial charge >= 0.3 is 18.2 Å². The largest absolute Gasteiger partial charge is 0.477 e. The third kappa shape index (κ3) is 4.44. The molecule has 10 heteroatoms. The Balaban J connectivity index is 1.90. The summed E-state index contributed by atoms with van der Waals surface area (Å²) >= 11 is 0.334. The number of amides is 1. The summed E-state index contributed by atoms with van der Waals surface area (Å²) in [5.41, 5.74) is -0.776. The summed E-state index contributed by atoms with van der Waals surface area (Å²) in [4.78, 5) is 27.5. The van der Waals surface area contributed by atoms with Gasteiger partial charge in [0.05, 0.1) is 0 Å². The summed E-state index contributed by atoms with van der Waals surface area (Å²) in [6.45, 7) is -0.0494. The summed E-state index contributed by atoms with van der Waals surface area (Å²) in [6.07, 6.45) is -2.96. The van der Waals surface area contributed by atoms with Crippen molar-refractivity contribution in [3.8, 4) is 0 Å². The Kier molecular flexibility index (Phi) is 5.87. The first-order valence-corrected chi connectivity index (χ1v) is 9.40. The van der Waals surface area contributed by atoms with Crippen LogP contribution in [0.15, 0.2) is 30.3 Å². The molecule has 1 N–H and O–H groups in total. The fourth-order valence-corrected chi connectivity index (χ4v) is 4.07. The van der Waals surface area contributed by atoms with Gasteiger partial charge in [-0.2, -0.15) is 13.2 Å². The maximum atomic E-state index is 13.2. The number of anilines is 1. The molecule has 0 unspecified atom stereocenters. The first kappa shape index (κ1) is 20.1. The number of hydrogen-bond acceptors (Lipinski definition) is 5. The van der Waals surface area contributed by atoms with E-state index in [2.05, 4.69) is 4.98 Å². The molecule has 1 aromatic heterocycles. The number of carboxylic acid groups (broad SMARTS) is 1. The van der Waals surface area contributed by atoms with Gasteiger partial charge in [0.2, 0.25) is 0 Å². The van der Waals surface area contributed by atoms with E-state index in [9.17, 15) is 22.8 Å². The maximum Gasteiger partial charge on any atom is 0.435 e. The lowest BCUT2D eigenvalue weighted by molar-refractivity contribution is -0.141. The molecule has 1 aliphatic carbocycles. The minimum absolute atomic E-state index is 0.0494. The van der Waals surface area contributed by atoms with Crippen LogP contribution < -0.4 is 4.90 Å². The quantitative estimate of drug-likeness (QED) is 0.749. The van der Waals surface area contributed by atoms with Crippen molar-refractivity contribution in [2.75, 3.05) is 4.90 Å². The molecule has 0 aliphatic heterocycles. The molecule has 1 heterocycles. The van der Waals surface area contributed by atoms with E-state index in [4.69, 9.17) is 9.84 Å². The normalized spacial score (nSPS) is 14.8. The number of carbonyl (C=O) groups is 2. The summed E-state index contributed by atoms with van der Waals surface area (Å²) < 4.78 is 44.8. The molecule has 3 rings (SSSR count). The van der Waals surface area contributed by atoms with Crippen LogP contribution in [0.25, 0.3) is 0 Å². The molecule has 1 fully saturated rings. The van der Waals surface area contributed by atoms with Crippen molar-refractivity contribution in [3.05, 3.63) is 46.5 Å². The predicted molar refractivity (Wildman–Crippen MR) is 95.4 cm³/mol. The maximum absolute atomic E-state index is 13.2. The molecule has 0 bridgehead atoms. The van der Waals surface area contributed by atoms with Crippen molar-refractivity contribution in [2.45, 2.75) is 44.5 Å². The van der Waals surface area contributed by atoms with E-state index in [0.29, 0.717) is 24.2 Å². The zero-order valence-electron chi connectivity index (χ0n) is 14.6. The molecule has 1 saturated carbocycles. The summed E-state index contributed by atoms with van der Waals surface area (Å²) in [6, 6.07) is 8.47. The topological polar surface area (TPSA) is 79.7 Å². The van der Waals surface area contributed by atoms with Crippen molar-refractivity contribution >= 4 is 28.5 Å². The number of aromatic nitrogens is 1. The Morgan fingerprint density at radius 3 is 2.39 bits per heavy atom. The van der Waals surface area contributed by atoms with Gasteiger partial charge in [-0.1, -0.05) is 54.5 Å². The van der Waals surface area contributed by atoms with Crippen molar-refractivity contribution in [1.29, 1.82) is 0 Å². The van der Waals surface area contributed by atoms with Gasteiger partial charge in [-0.15, -0.1) is 0 Å². The zero-order valence-corrected chi connectivity index (χ0v) is 15.4. The second-order valence-corrected chi connectivity index (χ2v) is 7.30. The number of halogens is 3. The number of benzene rings is 1. The minimum Gasteiger partial charge on any atom is -0.477 e. The molecule has 150 valence electrons. The smallest absolute Gasteiger partial charge is 0.435 e. The lowest BCUT2D eigenvalue weighted by atomic mass is 10.2. The fourth-order valence-electron chi connectivity index (χ4n) is 3.08. The van der Waals surface area contributed by atoms with Gasteiger partial charge in [-0.3, -0.25) is 0 Å². The van der Waals surface area contributed by atoms with Crippen LogP contribution in [-0.4, -0.2) is 28.2 Å². The highest BCUT2D eigenvalue weighted by atomic mass is 32.1. The lowest BCUT2D eigenvalue weighted by Gasteiger charge is -2.25. The predicted octanol–water partition coefficient (Wildman–Crippen LogP) is 4.95. The average molecular weight is 414 g/mol. The van der Waals surface area contributed by atoms with E-state index in [1.54, 1.807) is 30.3 Å². The van der Waals surface area contributed by atoms with Crippen LogP contribution in [0.4, 0.5) is 23.1 Å². The molecule has 0 saturated heterocycles. The molecule has 28 heavy (non-hydrogen) atoms. The first-order chi connectivity index (χ1) is 13.3. The highest BCUT2D eigenvalue weighted by Crippen LogP contribution is 2.39. The van der Waals surface area contributed by atoms with Gasteiger partial charge < -0.3 is 9.84 Å². The number of carboxylic acids is 1. The van der Waals surface area contributed by atoms with Crippen molar-refractivity contribution < 1.29 is 32.6 Å². The van der Waals surface area contributed by atoms with Crippen molar-refractivity contribution in [2.24, 2.45) is 0 Å². The molecule has 1 aromatic carbocycles. The van der Waals surface area contributed by atoms with Crippen LogP contribution in [0.1, 0.15) is 46.6 Å². The third-order valence-electron chi connectivity index (χ3n) is 4.38. The molecule has 1 aliphatic rings. The minimum atomic E-state index is -4.93. The zero-order chi connectivity index (χ0) is 20.3. The lowest BCUT2D eigenvalue weighted by Crippen LogP contribution is -2.39. The number of alkyl halides is 3. The number of ether oxygens (including phenoxy) is 1. The SMILES string of the molecule is O=C(O)c1sc(N(C(=O)OCc2ccccc2)C2CCCC2)nc1C(F)(F)F. The Hall–Kier alpha value is -2.62. The van der Waals surface area contributed by atoms with E-state index >= 15 is 0 Å². The van der Waals surface area contributed by atoms with Crippen LogP contribution in [0.2, 0.25) is 0 Å². The van der Waals surface area contributed by atoms with Gasteiger partial charge in [-0.05, 0) is 18.4 Å². The molecular weight excluding hydrogens is 397 g/mol.